The highest BCUT2D eigenvalue weighted by atomic mass is 32.2. The molecule has 0 bridgehead atoms. The Hall–Kier alpha value is -2.34. The molecule has 1 aromatic carbocycles. The molecule has 4 rings (SSSR count). The first-order valence-corrected chi connectivity index (χ1v) is 10.4. The minimum absolute atomic E-state index is 0.0112. The smallest absolute Gasteiger partial charge is 0.251 e. The van der Waals surface area contributed by atoms with Gasteiger partial charge in [-0.25, -0.2) is 4.39 Å². The van der Waals surface area contributed by atoms with Crippen molar-refractivity contribution < 1.29 is 9.18 Å². The SMILES string of the molecule is CSc1ccc(/C(=C/[C@H]2CCC(=O)N2)c2ccc(C3CC3)c(=O)[nH]2)cc1F. The number of benzene rings is 1. The molecule has 140 valence electrons. The quantitative estimate of drug-likeness (QED) is 0.771. The number of pyridine rings is 1. The first-order chi connectivity index (χ1) is 13.0. The van der Waals surface area contributed by atoms with Gasteiger partial charge in [0.1, 0.15) is 5.82 Å². The summed E-state index contributed by atoms with van der Waals surface area (Å²) < 4.78 is 14.4. The molecule has 1 amide bonds. The van der Waals surface area contributed by atoms with Gasteiger partial charge in [-0.2, -0.15) is 0 Å². The third-order valence-corrected chi connectivity index (χ3v) is 5.88. The van der Waals surface area contributed by atoms with Crippen molar-refractivity contribution in [3.8, 4) is 0 Å². The standard InChI is InChI=1S/C21H21FN2O2S/c1-27-19-8-4-13(10-17(19)22)16(11-14-5-9-20(25)23-14)18-7-6-15(12-2-3-12)21(26)24-18/h4,6-8,10-12,14H,2-3,5,9H2,1H3,(H,23,25)(H,24,26)/b16-11-/t14-/m1/s1. The van der Waals surface area contributed by atoms with Crippen molar-refractivity contribution in [3.05, 3.63) is 69.4 Å². The molecule has 6 heteroatoms. The van der Waals surface area contributed by atoms with E-state index in [4.69, 9.17) is 0 Å². The highest BCUT2D eigenvalue weighted by Gasteiger charge is 2.26. The van der Waals surface area contributed by atoms with Gasteiger partial charge < -0.3 is 10.3 Å². The second-order valence-electron chi connectivity index (χ2n) is 7.07. The van der Waals surface area contributed by atoms with Crippen LogP contribution in [0.25, 0.3) is 5.57 Å². The van der Waals surface area contributed by atoms with E-state index in [0.717, 1.165) is 24.0 Å². The molecular weight excluding hydrogens is 363 g/mol. The predicted octanol–water partition coefficient (Wildman–Crippen LogP) is 3.82. The van der Waals surface area contributed by atoms with Crippen LogP contribution in [-0.2, 0) is 4.79 Å². The summed E-state index contributed by atoms with van der Waals surface area (Å²) >= 11 is 1.35. The van der Waals surface area contributed by atoms with Crippen molar-refractivity contribution in [1.82, 2.24) is 10.3 Å². The first-order valence-electron chi connectivity index (χ1n) is 9.14. The van der Waals surface area contributed by atoms with Crippen LogP contribution in [0, 0.1) is 5.82 Å². The molecule has 2 heterocycles. The number of carbonyl (C=O) groups is 1. The summed E-state index contributed by atoms with van der Waals surface area (Å²) in [5.74, 6) is 0.0815. The fraction of sp³-hybridized carbons (Fsp3) is 0.333. The molecule has 1 saturated carbocycles. The van der Waals surface area contributed by atoms with Crippen LogP contribution in [0.5, 0.6) is 0 Å². The van der Waals surface area contributed by atoms with Gasteiger partial charge in [0, 0.05) is 34.2 Å². The second kappa shape index (κ2) is 7.35. The molecule has 2 fully saturated rings. The second-order valence-corrected chi connectivity index (χ2v) is 7.92. The molecule has 1 aliphatic heterocycles. The number of aromatic nitrogens is 1. The van der Waals surface area contributed by atoms with E-state index in [-0.39, 0.29) is 23.3 Å². The number of thioether (sulfide) groups is 1. The third kappa shape index (κ3) is 3.86. The third-order valence-electron chi connectivity index (χ3n) is 5.11. The Kier molecular flexibility index (Phi) is 4.91. The first kappa shape index (κ1) is 18.0. The van der Waals surface area contributed by atoms with Gasteiger partial charge in [-0.15, -0.1) is 11.8 Å². The molecule has 2 aromatic rings. The molecule has 1 aliphatic carbocycles. The number of nitrogens with one attached hydrogen (secondary N) is 2. The number of hydrogen-bond acceptors (Lipinski definition) is 3. The van der Waals surface area contributed by atoms with Crippen LogP contribution in [-0.4, -0.2) is 23.2 Å². The maximum absolute atomic E-state index is 14.4. The lowest BCUT2D eigenvalue weighted by atomic mass is 9.98. The zero-order valence-corrected chi connectivity index (χ0v) is 15.9. The molecule has 1 atom stereocenters. The predicted molar refractivity (Wildman–Crippen MR) is 105 cm³/mol. The van der Waals surface area contributed by atoms with Crippen molar-refractivity contribution >= 4 is 23.2 Å². The van der Waals surface area contributed by atoms with Crippen molar-refractivity contribution in [1.29, 1.82) is 0 Å². The average Bonchev–Trinajstić information content (AvgIpc) is 3.41. The van der Waals surface area contributed by atoms with Crippen LogP contribution >= 0.6 is 11.8 Å². The minimum atomic E-state index is -0.293. The highest BCUT2D eigenvalue weighted by molar-refractivity contribution is 7.98. The zero-order valence-electron chi connectivity index (χ0n) is 15.0. The number of hydrogen-bond donors (Lipinski definition) is 2. The van der Waals surface area contributed by atoms with Crippen LogP contribution in [0.1, 0.15) is 48.4 Å². The molecule has 27 heavy (non-hydrogen) atoms. The van der Waals surface area contributed by atoms with Crippen LogP contribution in [0.15, 0.2) is 46.1 Å². The van der Waals surface area contributed by atoms with Crippen LogP contribution in [0.4, 0.5) is 4.39 Å². The van der Waals surface area contributed by atoms with E-state index in [2.05, 4.69) is 10.3 Å². The Bertz CT molecular complexity index is 978. The van der Waals surface area contributed by atoms with Gasteiger partial charge >= 0.3 is 0 Å². The van der Waals surface area contributed by atoms with Crippen molar-refractivity contribution in [2.24, 2.45) is 0 Å². The Morgan fingerprint density at radius 3 is 2.59 bits per heavy atom. The summed E-state index contributed by atoms with van der Waals surface area (Å²) in [5.41, 5.74) is 2.78. The maximum Gasteiger partial charge on any atom is 0.251 e. The Morgan fingerprint density at radius 2 is 2.00 bits per heavy atom. The molecule has 0 spiro atoms. The van der Waals surface area contributed by atoms with E-state index >= 15 is 0 Å². The van der Waals surface area contributed by atoms with E-state index in [1.807, 2.05) is 30.5 Å². The summed E-state index contributed by atoms with van der Waals surface area (Å²) in [7, 11) is 0. The molecular formula is C21H21FN2O2S. The number of halogens is 1. The van der Waals surface area contributed by atoms with Crippen molar-refractivity contribution in [3.63, 3.8) is 0 Å². The fourth-order valence-corrected chi connectivity index (χ4v) is 3.96. The van der Waals surface area contributed by atoms with Crippen molar-refractivity contribution in [2.75, 3.05) is 6.26 Å². The van der Waals surface area contributed by atoms with E-state index in [1.54, 1.807) is 6.07 Å². The maximum atomic E-state index is 14.4. The van der Waals surface area contributed by atoms with Gasteiger partial charge in [0.25, 0.3) is 5.56 Å². The molecule has 1 aromatic heterocycles. The number of amides is 1. The summed E-state index contributed by atoms with van der Waals surface area (Å²) in [6, 6.07) is 8.72. The number of carbonyl (C=O) groups excluding carboxylic acids is 1. The van der Waals surface area contributed by atoms with Gasteiger partial charge in [-0.3, -0.25) is 9.59 Å². The Morgan fingerprint density at radius 1 is 1.19 bits per heavy atom. The Labute approximate surface area is 161 Å². The van der Waals surface area contributed by atoms with E-state index in [1.165, 1.54) is 17.8 Å². The van der Waals surface area contributed by atoms with Gasteiger partial charge in [0.05, 0.1) is 0 Å². The zero-order chi connectivity index (χ0) is 19.0. The largest absolute Gasteiger partial charge is 0.350 e. The van der Waals surface area contributed by atoms with Crippen LogP contribution < -0.4 is 10.9 Å². The lowest BCUT2D eigenvalue weighted by Crippen LogP contribution is -2.23. The van der Waals surface area contributed by atoms with Gasteiger partial charge in [0.15, 0.2) is 0 Å². The van der Waals surface area contributed by atoms with E-state index < -0.39 is 0 Å². The van der Waals surface area contributed by atoms with E-state index in [0.29, 0.717) is 34.9 Å². The summed E-state index contributed by atoms with van der Waals surface area (Å²) in [6.07, 6.45) is 7.03. The number of aromatic amines is 1. The van der Waals surface area contributed by atoms with Crippen molar-refractivity contribution in [2.45, 2.75) is 42.5 Å². The lowest BCUT2D eigenvalue weighted by molar-refractivity contribution is -0.119. The monoisotopic (exact) mass is 384 g/mol. The average molecular weight is 384 g/mol. The lowest BCUT2D eigenvalue weighted by Gasteiger charge is -2.13. The minimum Gasteiger partial charge on any atom is -0.350 e. The Balaban J connectivity index is 1.77. The van der Waals surface area contributed by atoms with Gasteiger partial charge in [-0.05, 0) is 55.2 Å². The fourth-order valence-electron chi connectivity index (χ4n) is 3.50. The number of H-pyrrole nitrogens is 1. The molecule has 0 unspecified atom stereocenters. The summed E-state index contributed by atoms with van der Waals surface area (Å²) in [4.78, 5) is 27.6. The summed E-state index contributed by atoms with van der Waals surface area (Å²) in [6.45, 7) is 0. The molecule has 0 radical (unpaired) electrons. The summed E-state index contributed by atoms with van der Waals surface area (Å²) in [5, 5.41) is 2.91. The normalized spacial score (nSPS) is 20.0. The van der Waals surface area contributed by atoms with E-state index in [9.17, 15) is 14.0 Å². The molecule has 4 nitrogen and oxygen atoms in total. The van der Waals surface area contributed by atoms with Gasteiger partial charge in [0.2, 0.25) is 5.91 Å². The molecule has 2 N–H and O–H groups in total. The number of rotatable bonds is 5. The molecule has 1 saturated heterocycles. The van der Waals surface area contributed by atoms with Crippen LogP contribution in [0.3, 0.4) is 0 Å². The topological polar surface area (TPSA) is 62.0 Å². The van der Waals surface area contributed by atoms with Gasteiger partial charge in [-0.1, -0.05) is 18.2 Å². The van der Waals surface area contributed by atoms with Crippen LogP contribution in [0.2, 0.25) is 0 Å². The highest BCUT2D eigenvalue weighted by Crippen LogP contribution is 2.38. The molecule has 2 aliphatic rings.